The average Bonchev–Trinajstić information content (AvgIpc) is 2.27. The standard InChI is InChI=1S/C12H25N3O3/c1-12(2,3)18-11(17)15-6-4-14(5-7-15)8-10(13)9-16/h10,16H,4-9,13H2,1-3H3/t10-/m0/s1. The third kappa shape index (κ3) is 5.20. The van der Waals surface area contributed by atoms with Crippen LogP contribution in [0.1, 0.15) is 20.8 Å². The first kappa shape index (κ1) is 15.2. The van der Waals surface area contributed by atoms with E-state index < -0.39 is 5.60 Å². The quantitative estimate of drug-likeness (QED) is 0.737. The van der Waals surface area contributed by atoms with Crippen LogP contribution in [0.15, 0.2) is 0 Å². The fourth-order valence-electron chi connectivity index (χ4n) is 1.83. The molecule has 0 aliphatic carbocycles. The highest BCUT2D eigenvalue weighted by Gasteiger charge is 2.26. The number of nitrogens with two attached hydrogens (primary N) is 1. The van der Waals surface area contributed by atoms with Crippen molar-refractivity contribution in [1.29, 1.82) is 0 Å². The third-order valence-corrected chi connectivity index (χ3v) is 2.75. The molecule has 0 radical (unpaired) electrons. The van der Waals surface area contributed by atoms with Crippen molar-refractivity contribution in [1.82, 2.24) is 9.80 Å². The Balaban J connectivity index is 2.33. The lowest BCUT2D eigenvalue weighted by Crippen LogP contribution is -2.52. The van der Waals surface area contributed by atoms with Crippen molar-refractivity contribution in [3.8, 4) is 0 Å². The van der Waals surface area contributed by atoms with Crippen LogP contribution in [-0.2, 0) is 4.74 Å². The summed E-state index contributed by atoms with van der Waals surface area (Å²) in [5.74, 6) is 0. The summed E-state index contributed by atoms with van der Waals surface area (Å²) in [6.45, 7) is 9.08. The summed E-state index contributed by atoms with van der Waals surface area (Å²) in [5.41, 5.74) is 5.23. The molecule has 0 saturated carbocycles. The second kappa shape index (κ2) is 6.36. The Morgan fingerprint density at radius 3 is 2.33 bits per heavy atom. The number of carbonyl (C=O) groups excluding carboxylic acids is 1. The van der Waals surface area contributed by atoms with E-state index in [0.29, 0.717) is 19.6 Å². The maximum absolute atomic E-state index is 11.8. The molecular weight excluding hydrogens is 234 g/mol. The zero-order valence-electron chi connectivity index (χ0n) is 11.6. The Morgan fingerprint density at radius 1 is 1.33 bits per heavy atom. The summed E-state index contributed by atoms with van der Waals surface area (Å²) >= 11 is 0. The minimum atomic E-state index is -0.451. The predicted molar refractivity (Wildman–Crippen MR) is 69.3 cm³/mol. The molecule has 3 N–H and O–H groups in total. The Morgan fingerprint density at radius 2 is 1.89 bits per heavy atom. The van der Waals surface area contributed by atoms with Crippen LogP contribution < -0.4 is 5.73 Å². The van der Waals surface area contributed by atoms with Gasteiger partial charge in [0.25, 0.3) is 0 Å². The first-order chi connectivity index (χ1) is 8.31. The van der Waals surface area contributed by atoms with Gasteiger partial charge in [-0.15, -0.1) is 0 Å². The van der Waals surface area contributed by atoms with Crippen LogP contribution in [0.3, 0.4) is 0 Å². The molecule has 1 heterocycles. The first-order valence-electron chi connectivity index (χ1n) is 6.38. The predicted octanol–water partition coefficient (Wildman–Crippen LogP) is -0.141. The van der Waals surface area contributed by atoms with Crippen molar-refractivity contribution in [2.24, 2.45) is 5.73 Å². The van der Waals surface area contributed by atoms with Crippen LogP contribution in [0.4, 0.5) is 4.79 Å². The number of aliphatic hydroxyl groups is 1. The van der Waals surface area contributed by atoms with E-state index in [1.165, 1.54) is 0 Å². The van der Waals surface area contributed by atoms with Gasteiger partial charge in [-0.2, -0.15) is 0 Å². The van der Waals surface area contributed by atoms with Crippen LogP contribution >= 0.6 is 0 Å². The highest BCUT2D eigenvalue weighted by molar-refractivity contribution is 5.68. The highest BCUT2D eigenvalue weighted by atomic mass is 16.6. The fraction of sp³-hybridized carbons (Fsp3) is 0.917. The molecule has 0 unspecified atom stereocenters. The molecule has 1 fully saturated rings. The van der Waals surface area contributed by atoms with Crippen molar-refractivity contribution in [2.45, 2.75) is 32.4 Å². The average molecular weight is 259 g/mol. The Hall–Kier alpha value is -0.850. The van der Waals surface area contributed by atoms with Crippen LogP contribution in [0.25, 0.3) is 0 Å². The summed E-state index contributed by atoms with van der Waals surface area (Å²) in [4.78, 5) is 15.7. The molecule has 106 valence electrons. The number of amides is 1. The molecule has 6 nitrogen and oxygen atoms in total. The zero-order valence-corrected chi connectivity index (χ0v) is 11.6. The lowest BCUT2D eigenvalue weighted by Gasteiger charge is -2.36. The number of hydrogen-bond donors (Lipinski definition) is 2. The van der Waals surface area contributed by atoms with E-state index in [4.69, 9.17) is 15.6 Å². The fourth-order valence-corrected chi connectivity index (χ4v) is 1.83. The molecule has 1 rings (SSSR count). The van der Waals surface area contributed by atoms with Crippen molar-refractivity contribution < 1.29 is 14.6 Å². The molecule has 0 bridgehead atoms. The molecule has 6 heteroatoms. The number of aliphatic hydroxyl groups excluding tert-OH is 1. The second-order valence-corrected chi connectivity index (χ2v) is 5.71. The van der Waals surface area contributed by atoms with E-state index in [1.807, 2.05) is 20.8 Å². The number of carbonyl (C=O) groups is 1. The second-order valence-electron chi connectivity index (χ2n) is 5.71. The molecule has 1 amide bonds. The topological polar surface area (TPSA) is 79.0 Å². The van der Waals surface area contributed by atoms with Gasteiger partial charge in [0.1, 0.15) is 5.60 Å². The maximum Gasteiger partial charge on any atom is 0.410 e. The monoisotopic (exact) mass is 259 g/mol. The molecule has 1 aliphatic rings. The largest absolute Gasteiger partial charge is 0.444 e. The molecule has 0 aromatic heterocycles. The maximum atomic E-state index is 11.8. The van der Waals surface area contributed by atoms with Gasteiger partial charge in [0.2, 0.25) is 0 Å². The number of piperazine rings is 1. The van der Waals surface area contributed by atoms with Crippen molar-refractivity contribution in [3.63, 3.8) is 0 Å². The van der Waals surface area contributed by atoms with E-state index in [9.17, 15) is 4.79 Å². The lowest BCUT2D eigenvalue weighted by atomic mass is 10.2. The summed E-state index contributed by atoms with van der Waals surface area (Å²) in [6, 6.07) is -0.210. The van der Waals surface area contributed by atoms with Crippen LogP contribution in [0.5, 0.6) is 0 Å². The molecule has 1 saturated heterocycles. The molecule has 1 atom stereocenters. The van der Waals surface area contributed by atoms with Gasteiger partial charge in [-0.1, -0.05) is 0 Å². The van der Waals surface area contributed by atoms with E-state index >= 15 is 0 Å². The summed E-state index contributed by atoms with van der Waals surface area (Å²) < 4.78 is 5.32. The van der Waals surface area contributed by atoms with Gasteiger partial charge in [-0.05, 0) is 20.8 Å². The molecular formula is C12H25N3O3. The van der Waals surface area contributed by atoms with Crippen molar-refractivity contribution in [3.05, 3.63) is 0 Å². The van der Waals surface area contributed by atoms with Gasteiger partial charge in [-0.3, -0.25) is 4.90 Å². The van der Waals surface area contributed by atoms with Crippen molar-refractivity contribution in [2.75, 3.05) is 39.3 Å². The molecule has 0 spiro atoms. The molecule has 0 aromatic rings. The van der Waals surface area contributed by atoms with E-state index in [1.54, 1.807) is 4.90 Å². The van der Waals surface area contributed by atoms with Crippen LogP contribution in [-0.4, -0.2) is 72.0 Å². The highest BCUT2D eigenvalue weighted by Crippen LogP contribution is 2.11. The Labute approximate surface area is 109 Å². The Bertz CT molecular complexity index is 270. The van der Waals surface area contributed by atoms with Gasteiger partial charge in [0.15, 0.2) is 0 Å². The molecule has 18 heavy (non-hydrogen) atoms. The SMILES string of the molecule is CC(C)(C)OC(=O)N1CCN(C[C@H](N)CO)CC1. The smallest absolute Gasteiger partial charge is 0.410 e. The minimum absolute atomic E-state index is 0.00766. The minimum Gasteiger partial charge on any atom is -0.444 e. The van der Waals surface area contributed by atoms with E-state index in [2.05, 4.69) is 4.90 Å². The summed E-state index contributed by atoms with van der Waals surface area (Å²) in [7, 11) is 0. The summed E-state index contributed by atoms with van der Waals surface area (Å²) in [5, 5.41) is 8.90. The number of hydrogen-bond acceptors (Lipinski definition) is 5. The van der Waals surface area contributed by atoms with Crippen molar-refractivity contribution >= 4 is 6.09 Å². The number of rotatable bonds is 3. The van der Waals surface area contributed by atoms with Gasteiger partial charge in [-0.25, -0.2) is 4.79 Å². The first-order valence-corrected chi connectivity index (χ1v) is 6.38. The Kier molecular flexibility index (Phi) is 5.37. The number of nitrogens with zero attached hydrogens (tertiary/aromatic N) is 2. The lowest BCUT2D eigenvalue weighted by molar-refractivity contribution is 0.0136. The van der Waals surface area contributed by atoms with Gasteiger partial charge < -0.3 is 20.5 Å². The van der Waals surface area contributed by atoms with Gasteiger partial charge >= 0.3 is 6.09 Å². The van der Waals surface area contributed by atoms with Crippen LogP contribution in [0.2, 0.25) is 0 Å². The van der Waals surface area contributed by atoms with Crippen LogP contribution in [0, 0.1) is 0 Å². The van der Waals surface area contributed by atoms with E-state index in [-0.39, 0.29) is 18.7 Å². The van der Waals surface area contributed by atoms with Gasteiger partial charge in [0.05, 0.1) is 6.61 Å². The molecule has 1 aliphatic heterocycles. The summed E-state index contributed by atoms with van der Waals surface area (Å²) in [6.07, 6.45) is -0.256. The van der Waals surface area contributed by atoms with Gasteiger partial charge in [0, 0.05) is 38.8 Å². The normalized spacial score (nSPS) is 19.7. The third-order valence-electron chi connectivity index (χ3n) is 2.75. The zero-order chi connectivity index (χ0) is 13.8. The molecule has 0 aromatic carbocycles. The number of ether oxygens (including phenoxy) is 1. The van der Waals surface area contributed by atoms with E-state index in [0.717, 1.165) is 13.1 Å².